The second kappa shape index (κ2) is 9.74. The summed E-state index contributed by atoms with van der Waals surface area (Å²) in [7, 11) is 1.60. The molecule has 4 rings (SSSR count). The molecule has 0 aromatic heterocycles. The summed E-state index contributed by atoms with van der Waals surface area (Å²) in [5.74, 6) is 2.03. The minimum absolute atomic E-state index is 0.0282. The van der Waals surface area contributed by atoms with Crippen LogP contribution in [0.15, 0.2) is 59.8 Å². The number of nitrogens with zero attached hydrogens (tertiary/aromatic N) is 3. The van der Waals surface area contributed by atoms with E-state index in [4.69, 9.17) is 9.57 Å². The second-order valence-corrected chi connectivity index (χ2v) is 8.23. The number of hydrogen-bond acceptors (Lipinski definition) is 7. The van der Waals surface area contributed by atoms with Gasteiger partial charge in [0, 0.05) is 36.3 Å². The number of oxime groups is 1. The highest BCUT2D eigenvalue weighted by Gasteiger charge is 2.40. The van der Waals surface area contributed by atoms with Crippen molar-refractivity contribution in [3.05, 3.63) is 60.2 Å². The van der Waals surface area contributed by atoms with Gasteiger partial charge in [-0.05, 0) is 36.4 Å². The van der Waals surface area contributed by atoms with Crippen LogP contribution in [0.3, 0.4) is 0 Å². The average Bonchev–Trinajstić information content (AvgIpc) is 3.32. The summed E-state index contributed by atoms with van der Waals surface area (Å²) in [6.45, 7) is 0.592. The zero-order valence-electron chi connectivity index (χ0n) is 17.1. The number of anilines is 1. The van der Waals surface area contributed by atoms with Crippen LogP contribution >= 0.6 is 11.8 Å². The van der Waals surface area contributed by atoms with Gasteiger partial charge in [0.15, 0.2) is 6.61 Å². The Balaban J connectivity index is 1.46. The Kier molecular flexibility index (Phi) is 6.61. The van der Waals surface area contributed by atoms with E-state index in [1.165, 1.54) is 0 Å². The molecule has 2 aliphatic heterocycles. The van der Waals surface area contributed by atoms with Gasteiger partial charge in [0.05, 0.1) is 6.04 Å². The third-order valence-corrected chi connectivity index (χ3v) is 6.24. The maximum absolute atomic E-state index is 13.0. The third-order valence-electron chi connectivity index (χ3n) is 5.19. The number of hydrogen-bond donors (Lipinski definition) is 1. The molecule has 2 unspecified atom stereocenters. The monoisotopic (exact) mass is 440 g/mol. The molecule has 0 aliphatic carbocycles. The van der Waals surface area contributed by atoms with Gasteiger partial charge in [0.1, 0.15) is 12.1 Å². The van der Waals surface area contributed by atoms with Gasteiger partial charge in [-0.2, -0.15) is 11.8 Å². The van der Waals surface area contributed by atoms with E-state index in [9.17, 15) is 9.59 Å². The molecule has 1 saturated heterocycles. The molecule has 8 nitrogen and oxygen atoms in total. The van der Waals surface area contributed by atoms with Crippen molar-refractivity contribution in [3.8, 4) is 5.75 Å². The van der Waals surface area contributed by atoms with Gasteiger partial charge in [-0.1, -0.05) is 23.4 Å². The van der Waals surface area contributed by atoms with Crippen molar-refractivity contribution in [2.75, 3.05) is 36.6 Å². The van der Waals surface area contributed by atoms with Gasteiger partial charge < -0.3 is 19.8 Å². The Morgan fingerprint density at radius 3 is 2.71 bits per heavy atom. The molecule has 2 aromatic carbocycles. The summed E-state index contributed by atoms with van der Waals surface area (Å²) >= 11 is 1.78. The highest BCUT2D eigenvalue weighted by molar-refractivity contribution is 7.99. The summed E-state index contributed by atoms with van der Waals surface area (Å²) in [4.78, 5) is 34.2. The first kappa shape index (κ1) is 21.0. The van der Waals surface area contributed by atoms with Gasteiger partial charge in [0.2, 0.25) is 6.23 Å². The number of carbonyl (C=O) groups is 2. The molecule has 0 saturated carbocycles. The summed E-state index contributed by atoms with van der Waals surface area (Å²) in [6.07, 6.45) is 1.17. The number of rotatable bonds is 6. The second-order valence-electron chi connectivity index (χ2n) is 7.08. The lowest BCUT2D eigenvalue weighted by Gasteiger charge is -2.39. The molecule has 2 amide bonds. The highest BCUT2D eigenvalue weighted by atomic mass is 32.2. The Morgan fingerprint density at radius 1 is 1.19 bits per heavy atom. The topological polar surface area (TPSA) is 83.5 Å². The molecule has 0 radical (unpaired) electrons. The predicted octanol–water partition coefficient (Wildman–Crippen LogP) is 2.18. The maximum atomic E-state index is 13.0. The summed E-state index contributed by atoms with van der Waals surface area (Å²) in [5.41, 5.74) is 1.41. The molecular weight excluding hydrogens is 416 g/mol. The van der Waals surface area contributed by atoms with Crippen molar-refractivity contribution in [2.24, 2.45) is 5.16 Å². The van der Waals surface area contributed by atoms with E-state index in [1.807, 2.05) is 52.3 Å². The Hall–Kier alpha value is -3.20. The molecule has 2 aromatic rings. The molecule has 2 atom stereocenters. The average molecular weight is 441 g/mol. The number of ether oxygens (including phenoxy) is 1. The van der Waals surface area contributed by atoms with Crippen LogP contribution in [0.5, 0.6) is 5.75 Å². The molecule has 1 fully saturated rings. The molecule has 0 bridgehead atoms. The van der Waals surface area contributed by atoms with Crippen LogP contribution in [-0.4, -0.2) is 67.0 Å². The molecule has 162 valence electrons. The number of para-hydroxylation sites is 1. The van der Waals surface area contributed by atoms with Gasteiger partial charge in [-0.15, -0.1) is 0 Å². The first-order valence-corrected chi connectivity index (χ1v) is 11.2. The summed E-state index contributed by atoms with van der Waals surface area (Å²) < 4.78 is 5.67. The van der Waals surface area contributed by atoms with Crippen LogP contribution < -0.4 is 15.0 Å². The van der Waals surface area contributed by atoms with Crippen molar-refractivity contribution in [2.45, 2.75) is 12.3 Å². The minimum Gasteiger partial charge on any atom is -0.484 e. The molecular formula is C22H24N4O4S. The minimum atomic E-state index is -0.445. The van der Waals surface area contributed by atoms with E-state index < -0.39 is 6.23 Å². The number of benzene rings is 2. The van der Waals surface area contributed by atoms with Gasteiger partial charge >= 0.3 is 0 Å². The molecule has 0 spiro atoms. The zero-order chi connectivity index (χ0) is 21.6. The normalized spacial score (nSPS) is 20.3. The summed E-state index contributed by atoms with van der Waals surface area (Å²) in [6, 6.07) is 16.3. The summed E-state index contributed by atoms with van der Waals surface area (Å²) in [5, 5.41) is 6.61. The Morgan fingerprint density at radius 2 is 1.97 bits per heavy atom. The van der Waals surface area contributed by atoms with Crippen molar-refractivity contribution in [1.29, 1.82) is 0 Å². The van der Waals surface area contributed by atoms with Gasteiger partial charge in [0.25, 0.3) is 11.8 Å². The van der Waals surface area contributed by atoms with Crippen LogP contribution in [0, 0.1) is 0 Å². The Labute approximate surface area is 185 Å². The first-order valence-electron chi connectivity index (χ1n) is 10.0. The zero-order valence-corrected chi connectivity index (χ0v) is 18.0. The smallest absolute Gasteiger partial charge is 0.261 e. The Bertz CT molecular complexity index is 938. The molecule has 2 aliphatic rings. The largest absolute Gasteiger partial charge is 0.484 e. The molecule has 2 heterocycles. The highest BCUT2D eigenvalue weighted by Crippen LogP contribution is 2.28. The van der Waals surface area contributed by atoms with Gasteiger partial charge in [-0.3, -0.25) is 14.5 Å². The third kappa shape index (κ3) is 4.77. The number of nitrogens with one attached hydrogen (secondary N) is 1. The maximum Gasteiger partial charge on any atom is 0.261 e. The molecule has 9 heteroatoms. The first-order chi connectivity index (χ1) is 15.2. The lowest BCUT2D eigenvalue weighted by Crippen LogP contribution is -2.57. The fraction of sp³-hybridized carbons (Fsp3) is 0.318. The van der Waals surface area contributed by atoms with E-state index in [0.29, 0.717) is 17.9 Å². The van der Waals surface area contributed by atoms with Crippen molar-refractivity contribution in [1.82, 2.24) is 10.2 Å². The fourth-order valence-electron chi connectivity index (χ4n) is 3.57. The van der Waals surface area contributed by atoms with E-state index in [-0.39, 0.29) is 24.5 Å². The van der Waals surface area contributed by atoms with Crippen molar-refractivity contribution < 1.29 is 19.2 Å². The lowest BCUT2D eigenvalue weighted by atomic mass is 10.1. The standard InChI is InChI=1S/C22H24N4O4S/c1-23-21(28)16-7-9-17(10-8-16)26-15-24-30-22(26)19-14-31-12-11-25(19)20(27)13-29-18-5-3-2-4-6-18/h2-10,15,19,22H,11-14H2,1H3,(H,23,28). The van der Waals surface area contributed by atoms with E-state index in [2.05, 4.69) is 10.5 Å². The van der Waals surface area contributed by atoms with Gasteiger partial charge in [-0.25, -0.2) is 0 Å². The number of amides is 2. The van der Waals surface area contributed by atoms with Crippen molar-refractivity contribution in [3.63, 3.8) is 0 Å². The molecule has 31 heavy (non-hydrogen) atoms. The fourth-order valence-corrected chi connectivity index (χ4v) is 4.65. The van der Waals surface area contributed by atoms with Crippen LogP contribution in [0.4, 0.5) is 5.69 Å². The van der Waals surface area contributed by atoms with E-state index >= 15 is 0 Å². The van der Waals surface area contributed by atoms with Crippen LogP contribution in [0.25, 0.3) is 0 Å². The lowest BCUT2D eigenvalue weighted by molar-refractivity contribution is -0.138. The SMILES string of the molecule is CNC(=O)c1ccc(N2C=NOC2C2CSCCN2C(=O)COc2ccccc2)cc1. The van der Waals surface area contributed by atoms with Crippen LogP contribution in [-0.2, 0) is 9.63 Å². The van der Waals surface area contributed by atoms with E-state index in [1.54, 1.807) is 37.3 Å². The quantitative estimate of drug-likeness (QED) is 0.741. The van der Waals surface area contributed by atoms with Crippen molar-refractivity contribution >= 4 is 35.6 Å². The molecule has 1 N–H and O–H groups in total. The van der Waals surface area contributed by atoms with Crippen LogP contribution in [0.1, 0.15) is 10.4 Å². The number of carbonyl (C=O) groups excluding carboxylic acids is 2. The van der Waals surface area contributed by atoms with Crippen LogP contribution in [0.2, 0.25) is 0 Å². The predicted molar refractivity (Wildman–Crippen MR) is 120 cm³/mol. The van der Waals surface area contributed by atoms with E-state index in [0.717, 1.165) is 17.2 Å². The number of thioether (sulfide) groups is 1.